The van der Waals surface area contributed by atoms with Gasteiger partial charge in [0, 0.05) is 25.3 Å². The van der Waals surface area contributed by atoms with E-state index in [4.69, 9.17) is 9.47 Å². The second-order valence-electron chi connectivity index (χ2n) is 7.12. The van der Waals surface area contributed by atoms with Crippen LogP contribution in [0, 0.1) is 0 Å². The molecule has 1 N–H and O–H groups in total. The van der Waals surface area contributed by atoms with Crippen LogP contribution in [-0.4, -0.2) is 47.0 Å². The molecule has 4 aliphatic heterocycles. The number of nitrogens with zero attached hydrogens (tertiary/aromatic N) is 1. The van der Waals surface area contributed by atoms with Crippen LogP contribution in [0.2, 0.25) is 0 Å². The molecule has 4 atom stereocenters. The topological polar surface area (TPSA) is 59.0 Å². The zero-order valence-electron chi connectivity index (χ0n) is 13.8. The van der Waals surface area contributed by atoms with Gasteiger partial charge in [0.15, 0.2) is 0 Å². The molecule has 7 heteroatoms. The van der Waals surface area contributed by atoms with Crippen molar-refractivity contribution in [3.63, 3.8) is 0 Å². The maximum atomic E-state index is 13.0. The lowest BCUT2D eigenvalue weighted by Crippen LogP contribution is -2.53. The lowest BCUT2D eigenvalue weighted by Gasteiger charge is -2.44. The van der Waals surface area contributed by atoms with Crippen molar-refractivity contribution in [2.24, 2.45) is 0 Å². The molecular weight excluding hydrogens is 358 g/mol. The summed E-state index contributed by atoms with van der Waals surface area (Å²) >= 11 is 2.73. The van der Waals surface area contributed by atoms with Gasteiger partial charge in [-0.1, -0.05) is 12.1 Å². The molecule has 0 aromatic carbocycles. The number of likely N-dealkylation sites (N-methyl/N-ethyl adjacent to an activating group) is 1. The summed E-state index contributed by atoms with van der Waals surface area (Å²) in [5.41, 5.74) is -1.99. The molecule has 0 saturated carbocycles. The number of ether oxygens (including phenoxy) is 2. The van der Waals surface area contributed by atoms with Gasteiger partial charge >= 0.3 is 5.97 Å². The number of esters is 1. The molecule has 4 saturated heterocycles. The smallest absolute Gasteiger partial charge is 0.349 e. The molecule has 5 nitrogen and oxygen atoms in total. The van der Waals surface area contributed by atoms with Crippen LogP contribution in [0.25, 0.3) is 0 Å². The summed E-state index contributed by atoms with van der Waals surface area (Å²) in [7, 11) is 2.09. The van der Waals surface area contributed by atoms with Gasteiger partial charge in [0.05, 0.1) is 15.9 Å². The molecule has 132 valence electrons. The molecule has 2 aromatic heterocycles. The van der Waals surface area contributed by atoms with Gasteiger partial charge in [-0.05, 0) is 29.9 Å². The van der Waals surface area contributed by atoms with E-state index in [1.54, 1.807) is 12.1 Å². The van der Waals surface area contributed by atoms with Gasteiger partial charge in [0.2, 0.25) is 5.60 Å². The zero-order valence-corrected chi connectivity index (χ0v) is 15.4. The van der Waals surface area contributed by atoms with Gasteiger partial charge in [0.25, 0.3) is 0 Å². The number of hydrogen-bond acceptors (Lipinski definition) is 7. The molecule has 1 spiro atoms. The molecular formula is C18H19NO4S2. The largest absolute Gasteiger partial charge is 0.459 e. The Balaban J connectivity index is 1.41. The maximum absolute atomic E-state index is 13.0. The van der Waals surface area contributed by atoms with E-state index in [1.807, 2.05) is 22.9 Å². The minimum atomic E-state index is -1.73. The molecule has 0 aliphatic carbocycles. The Bertz CT molecular complexity index is 748. The van der Waals surface area contributed by atoms with Gasteiger partial charge in [-0.25, -0.2) is 4.79 Å². The summed E-state index contributed by atoms with van der Waals surface area (Å²) < 4.78 is 11.8. The normalized spacial score (nSPS) is 33.9. The van der Waals surface area contributed by atoms with E-state index in [0.29, 0.717) is 22.2 Å². The molecule has 4 aliphatic rings. The first-order valence-electron chi connectivity index (χ1n) is 8.45. The first-order valence-corrected chi connectivity index (χ1v) is 10.2. The standard InChI is InChI=1S/C18H19NO4S2/c1-19-12-8-11(9-17(19)10-13(12)23-17)22-16(20)18(21,14-4-2-6-24-14)15-5-3-7-25-15/h2-7,11-13,21H,8-10H2,1H3/t11-,12-,13+,17-/m0/s1. The van der Waals surface area contributed by atoms with Crippen LogP contribution in [0.3, 0.4) is 0 Å². The zero-order chi connectivity index (χ0) is 17.2. The second-order valence-corrected chi connectivity index (χ2v) is 9.01. The third-order valence-corrected chi connectivity index (χ3v) is 7.79. The minimum Gasteiger partial charge on any atom is -0.459 e. The summed E-state index contributed by atoms with van der Waals surface area (Å²) in [6.07, 6.45) is 2.50. The van der Waals surface area contributed by atoms with E-state index in [2.05, 4.69) is 11.9 Å². The molecule has 6 rings (SSSR count). The van der Waals surface area contributed by atoms with Crippen LogP contribution in [0.4, 0.5) is 0 Å². The summed E-state index contributed by atoms with van der Waals surface area (Å²) in [6.45, 7) is 0. The lowest BCUT2D eigenvalue weighted by atomic mass is 9.96. The van der Waals surface area contributed by atoms with Crippen LogP contribution in [-0.2, 0) is 19.9 Å². The molecule has 6 heterocycles. The number of carbonyl (C=O) groups is 1. The van der Waals surface area contributed by atoms with E-state index in [0.717, 1.165) is 12.8 Å². The first kappa shape index (κ1) is 16.0. The van der Waals surface area contributed by atoms with E-state index >= 15 is 0 Å². The van der Waals surface area contributed by atoms with Crippen LogP contribution in [0.15, 0.2) is 35.0 Å². The van der Waals surface area contributed by atoms with Crippen molar-refractivity contribution < 1.29 is 19.4 Å². The fourth-order valence-corrected chi connectivity index (χ4v) is 6.21. The number of piperidine rings is 1. The SMILES string of the molecule is CN1[C@H]2C[C@H](OC(=O)C(O)(c3cccs3)c3cccs3)C[C@]13C[C@H]2O3. The third kappa shape index (κ3) is 2.13. The van der Waals surface area contributed by atoms with Gasteiger partial charge in [-0.2, -0.15) is 0 Å². The van der Waals surface area contributed by atoms with Gasteiger partial charge in [-0.3, -0.25) is 4.90 Å². The highest BCUT2D eigenvalue weighted by Crippen LogP contribution is 2.55. The number of carbonyl (C=O) groups excluding carboxylic acids is 1. The molecule has 0 amide bonds. The van der Waals surface area contributed by atoms with Gasteiger partial charge in [0.1, 0.15) is 11.8 Å². The Morgan fingerprint density at radius 2 is 1.96 bits per heavy atom. The summed E-state index contributed by atoms with van der Waals surface area (Å²) in [6, 6.07) is 7.54. The van der Waals surface area contributed by atoms with E-state index in [1.165, 1.54) is 22.7 Å². The van der Waals surface area contributed by atoms with Crippen molar-refractivity contribution in [3.05, 3.63) is 44.8 Å². The summed E-state index contributed by atoms with van der Waals surface area (Å²) in [4.78, 5) is 16.5. The van der Waals surface area contributed by atoms with Crippen LogP contribution in [0.5, 0.6) is 0 Å². The molecule has 3 bridgehead atoms. The van der Waals surface area contributed by atoms with E-state index < -0.39 is 11.6 Å². The van der Waals surface area contributed by atoms with Crippen LogP contribution in [0.1, 0.15) is 29.0 Å². The lowest BCUT2D eigenvalue weighted by molar-refractivity contribution is -0.213. The summed E-state index contributed by atoms with van der Waals surface area (Å²) in [5, 5.41) is 15.0. The van der Waals surface area contributed by atoms with Crippen molar-refractivity contribution in [2.75, 3.05) is 7.05 Å². The van der Waals surface area contributed by atoms with E-state index in [9.17, 15) is 9.90 Å². The molecule has 25 heavy (non-hydrogen) atoms. The van der Waals surface area contributed by atoms with Crippen LogP contribution < -0.4 is 0 Å². The highest BCUT2D eigenvalue weighted by atomic mass is 32.1. The first-order chi connectivity index (χ1) is 12.0. The summed E-state index contributed by atoms with van der Waals surface area (Å²) in [5.74, 6) is -0.583. The quantitative estimate of drug-likeness (QED) is 0.830. The van der Waals surface area contributed by atoms with Crippen molar-refractivity contribution >= 4 is 28.6 Å². The fourth-order valence-electron chi connectivity index (χ4n) is 4.49. The molecule has 0 radical (unpaired) electrons. The average Bonchev–Trinajstić information content (AvgIpc) is 3.30. The highest BCUT2D eigenvalue weighted by molar-refractivity contribution is 7.12. The van der Waals surface area contributed by atoms with Gasteiger partial charge in [-0.15, -0.1) is 22.7 Å². The Kier molecular flexibility index (Phi) is 3.43. The predicted octanol–water partition coefficient (Wildman–Crippen LogP) is 2.55. The van der Waals surface area contributed by atoms with E-state index in [-0.39, 0.29) is 17.9 Å². The Morgan fingerprint density at radius 1 is 1.32 bits per heavy atom. The van der Waals surface area contributed by atoms with Crippen molar-refractivity contribution in [3.8, 4) is 0 Å². The molecule has 0 unspecified atom stereocenters. The number of thiophene rings is 2. The fraction of sp³-hybridized carbons (Fsp3) is 0.500. The second kappa shape index (κ2) is 5.37. The van der Waals surface area contributed by atoms with Crippen molar-refractivity contribution in [1.29, 1.82) is 0 Å². The van der Waals surface area contributed by atoms with Crippen molar-refractivity contribution in [1.82, 2.24) is 4.90 Å². The number of rotatable bonds is 4. The Labute approximate surface area is 153 Å². The number of hydrogen-bond donors (Lipinski definition) is 1. The maximum Gasteiger partial charge on any atom is 0.349 e. The van der Waals surface area contributed by atoms with Gasteiger partial charge < -0.3 is 14.6 Å². The minimum absolute atomic E-state index is 0.215. The van der Waals surface area contributed by atoms with Crippen molar-refractivity contribution in [2.45, 2.75) is 48.8 Å². The molecule has 4 fully saturated rings. The highest BCUT2D eigenvalue weighted by Gasteiger charge is 2.66. The molecule has 2 aromatic rings. The monoisotopic (exact) mass is 377 g/mol. The Morgan fingerprint density at radius 3 is 2.48 bits per heavy atom. The third-order valence-electron chi connectivity index (χ3n) is 5.84. The number of aliphatic hydroxyl groups is 1. The Hall–Kier alpha value is -1.25. The predicted molar refractivity (Wildman–Crippen MR) is 94.5 cm³/mol. The van der Waals surface area contributed by atoms with Crippen LogP contribution >= 0.6 is 22.7 Å². The average molecular weight is 377 g/mol.